The summed E-state index contributed by atoms with van der Waals surface area (Å²) in [5, 5.41) is 22.1. The van der Waals surface area contributed by atoms with Crippen LogP contribution in [0.25, 0.3) is 0 Å². The fourth-order valence-corrected chi connectivity index (χ4v) is 3.73. The lowest BCUT2D eigenvalue weighted by atomic mass is 10.4. The number of nitrogens with one attached hydrogen (secondary N) is 1. The Morgan fingerprint density at radius 1 is 1.45 bits per heavy atom. The predicted molar refractivity (Wildman–Crippen MR) is 82.0 cm³/mol. The first-order valence-corrected chi connectivity index (χ1v) is 8.98. The molecule has 120 valence electrons. The first kappa shape index (κ1) is 16.4. The average Bonchev–Trinajstić information content (AvgIpc) is 2.97. The standard InChI is InChI=1S/C11H15N5O4S2/c1-7-13-14-9(15(7)2)4-5-12-11-8(16(17)18)6-10(21-11)22(3,19)20/h6,12H,4-5H2,1-3H3. The number of aryl methyl sites for hydroxylation is 1. The molecule has 0 radical (unpaired) electrons. The molecule has 9 nitrogen and oxygen atoms in total. The van der Waals surface area contributed by atoms with Crippen molar-refractivity contribution in [1.82, 2.24) is 14.8 Å². The van der Waals surface area contributed by atoms with Crippen molar-refractivity contribution in [2.24, 2.45) is 7.05 Å². The monoisotopic (exact) mass is 345 g/mol. The molecule has 11 heteroatoms. The van der Waals surface area contributed by atoms with Gasteiger partial charge in [-0.15, -0.1) is 10.2 Å². The zero-order valence-corrected chi connectivity index (χ0v) is 13.9. The molecule has 2 aromatic rings. The van der Waals surface area contributed by atoms with Gasteiger partial charge in [0.2, 0.25) is 0 Å². The van der Waals surface area contributed by atoms with E-state index in [1.165, 1.54) is 0 Å². The molecule has 0 saturated heterocycles. The molecule has 1 N–H and O–H groups in total. The molecule has 0 unspecified atom stereocenters. The number of thiophene rings is 1. The molecule has 0 aromatic carbocycles. The molecule has 0 saturated carbocycles. The van der Waals surface area contributed by atoms with Crippen molar-refractivity contribution in [2.75, 3.05) is 18.1 Å². The Morgan fingerprint density at radius 2 is 2.14 bits per heavy atom. The zero-order valence-electron chi connectivity index (χ0n) is 12.2. The summed E-state index contributed by atoms with van der Waals surface area (Å²) in [6, 6.07) is 1.08. The quantitative estimate of drug-likeness (QED) is 0.616. The molecule has 2 rings (SSSR count). The summed E-state index contributed by atoms with van der Waals surface area (Å²) in [5.74, 6) is 1.52. The molecule has 2 heterocycles. The van der Waals surface area contributed by atoms with Gasteiger partial charge in [-0.3, -0.25) is 10.1 Å². The van der Waals surface area contributed by atoms with Gasteiger partial charge < -0.3 is 9.88 Å². The summed E-state index contributed by atoms with van der Waals surface area (Å²) in [6.07, 6.45) is 1.54. The fourth-order valence-electron chi connectivity index (χ4n) is 1.76. The van der Waals surface area contributed by atoms with Crippen molar-refractivity contribution in [3.05, 3.63) is 27.8 Å². The summed E-state index contributed by atoms with van der Waals surface area (Å²) >= 11 is 0.856. The third-order valence-electron chi connectivity index (χ3n) is 3.07. The maximum absolute atomic E-state index is 11.5. The largest absolute Gasteiger partial charge is 0.371 e. The van der Waals surface area contributed by atoms with Crippen LogP contribution in [-0.2, 0) is 23.3 Å². The van der Waals surface area contributed by atoms with Gasteiger partial charge >= 0.3 is 5.69 Å². The normalized spacial score (nSPS) is 11.6. The number of aromatic nitrogens is 3. The SMILES string of the molecule is Cc1nnc(CCNc2sc(S(C)(=O)=O)cc2[N+](=O)[O-])n1C. The van der Waals surface area contributed by atoms with Crippen LogP contribution in [0.4, 0.5) is 10.7 Å². The average molecular weight is 345 g/mol. The van der Waals surface area contributed by atoms with E-state index in [4.69, 9.17) is 0 Å². The lowest BCUT2D eigenvalue weighted by molar-refractivity contribution is -0.383. The highest BCUT2D eigenvalue weighted by Gasteiger charge is 2.23. The van der Waals surface area contributed by atoms with Crippen LogP contribution in [0.2, 0.25) is 0 Å². The molecule has 0 bridgehead atoms. The third-order valence-corrected chi connectivity index (χ3v) is 5.95. The number of sulfone groups is 1. The molecule has 0 spiro atoms. The highest BCUT2D eigenvalue weighted by Crippen LogP contribution is 2.36. The van der Waals surface area contributed by atoms with Gasteiger partial charge in [0, 0.05) is 32.3 Å². The van der Waals surface area contributed by atoms with Crippen LogP contribution in [0.3, 0.4) is 0 Å². The Labute approximate surface area is 131 Å². The van der Waals surface area contributed by atoms with E-state index < -0.39 is 14.8 Å². The summed E-state index contributed by atoms with van der Waals surface area (Å²) in [6.45, 7) is 2.21. The molecule has 2 aromatic heterocycles. The first-order valence-electron chi connectivity index (χ1n) is 6.27. The van der Waals surface area contributed by atoms with E-state index in [9.17, 15) is 18.5 Å². The van der Waals surface area contributed by atoms with Crippen LogP contribution in [0.1, 0.15) is 11.6 Å². The van der Waals surface area contributed by atoms with Gasteiger partial charge in [0.1, 0.15) is 15.9 Å². The highest BCUT2D eigenvalue weighted by molar-refractivity contribution is 7.92. The van der Waals surface area contributed by atoms with Crippen molar-refractivity contribution in [3.8, 4) is 0 Å². The van der Waals surface area contributed by atoms with Gasteiger partial charge in [-0.25, -0.2) is 8.42 Å². The molecule has 0 aliphatic heterocycles. The van der Waals surface area contributed by atoms with Crippen LogP contribution >= 0.6 is 11.3 Å². The van der Waals surface area contributed by atoms with Gasteiger partial charge in [0.05, 0.1) is 4.92 Å². The van der Waals surface area contributed by atoms with Crippen LogP contribution < -0.4 is 5.32 Å². The van der Waals surface area contributed by atoms with Gasteiger partial charge in [-0.1, -0.05) is 11.3 Å². The predicted octanol–water partition coefficient (Wildman–Crippen LogP) is 1.15. The van der Waals surface area contributed by atoms with E-state index >= 15 is 0 Å². The Bertz CT molecular complexity index is 809. The number of hydrogen-bond acceptors (Lipinski definition) is 8. The molecule has 0 aliphatic carbocycles. The summed E-state index contributed by atoms with van der Waals surface area (Å²) in [4.78, 5) is 10.4. The van der Waals surface area contributed by atoms with Crippen molar-refractivity contribution >= 4 is 31.9 Å². The number of anilines is 1. The fraction of sp³-hybridized carbons (Fsp3) is 0.455. The number of hydrogen-bond donors (Lipinski definition) is 1. The Kier molecular flexibility index (Phi) is 4.47. The van der Waals surface area contributed by atoms with E-state index in [0.717, 1.165) is 35.3 Å². The molecule has 0 amide bonds. The maximum Gasteiger partial charge on any atom is 0.304 e. The van der Waals surface area contributed by atoms with E-state index in [1.54, 1.807) is 0 Å². The Hall–Kier alpha value is -2.01. The Balaban J connectivity index is 2.14. The van der Waals surface area contributed by atoms with Crippen LogP contribution in [0.5, 0.6) is 0 Å². The van der Waals surface area contributed by atoms with Crippen molar-refractivity contribution < 1.29 is 13.3 Å². The molecule has 0 aliphatic rings. The smallest absolute Gasteiger partial charge is 0.304 e. The molecule has 22 heavy (non-hydrogen) atoms. The topological polar surface area (TPSA) is 120 Å². The van der Waals surface area contributed by atoms with E-state index in [2.05, 4.69) is 15.5 Å². The second-order valence-electron chi connectivity index (χ2n) is 4.71. The summed E-state index contributed by atoms with van der Waals surface area (Å²) in [5.41, 5.74) is -0.237. The molecular formula is C11H15N5O4S2. The summed E-state index contributed by atoms with van der Waals surface area (Å²) < 4.78 is 24.8. The summed E-state index contributed by atoms with van der Waals surface area (Å²) in [7, 11) is -1.64. The lowest BCUT2D eigenvalue weighted by Crippen LogP contribution is -2.09. The zero-order chi connectivity index (χ0) is 16.5. The van der Waals surface area contributed by atoms with Crippen LogP contribution in [0.15, 0.2) is 10.3 Å². The van der Waals surface area contributed by atoms with Crippen molar-refractivity contribution in [2.45, 2.75) is 17.6 Å². The van der Waals surface area contributed by atoms with Crippen LogP contribution in [0, 0.1) is 17.0 Å². The van der Waals surface area contributed by atoms with Gasteiger partial charge in [0.25, 0.3) is 0 Å². The Morgan fingerprint density at radius 3 is 2.64 bits per heavy atom. The van der Waals surface area contributed by atoms with Gasteiger partial charge in [-0.2, -0.15) is 0 Å². The number of nitrogens with zero attached hydrogens (tertiary/aromatic N) is 4. The number of nitro groups is 1. The van der Waals surface area contributed by atoms with E-state index in [1.807, 2.05) is 18.5 Å². The molecule has 0 atom stereocenters. The third kappa shape index (κ3) is 3.42. The maximum atomic E-state index is 11.5. The van der Waals surface area contributed by atoms with E-state index in [0.29, 0.717) is 13.0 Å². The van der Waals surface area contributed by atoms with Gasteiger partial charge in [-0.05, 0) is 6.92 Å². The van der Waals surface area contributed by atoms with Gasteiger partial charge in [0.15, 0.2) is 14.8 Å². The van der Waals surface area contributed by atoms with Crippen molar-refractivity contribution in [3.63, 3.8) is 0 Å². The minimum absolute atomic E-state index is 0.0313. The van der Waals surface area contributed by atoms with Crippen LogP contribution in [-0.4, -0.2) is 40.9 Å². The van der Waals surface area contributed by atoms with E-state index in [-0.39, 0.29) is 14.9 Å². The second kappa shape index (κ2) is 6.01. The highest BCUT2D eigenvalue weighted by atomic mass is 32.2. The first-order chi connectivity index (χ1) is 10.2. The minimum atomic E-state index is -3.47. The minimum Gasteiger partial charge on any atom is -0.371 e. The molecule has 0 fully saturated rings. The second-order valence-corrected chi connectivity index (χ2v) is 8.00. The number of rotatable bonds is 6. The van der Waals surface area contributed by atoms with Crippen molar-refractivity contribution in [1.29, 1.82) is 0 Å². The lowest BCUT2D eigenvalue weighted by Gasteiger charge is -2.03. The molecular weight excluding hydrogens is 330 g/mol.